The third kappa shape index (κ3) is 4.46. The van der Waals surface area contributed by atoms with Crippen LogP contribution in [0.25, 0.3) is 0 Å². The average Bonchev–Trinajstić information content (AvgIpc) is 3.01. The molecule has 3 rings (SSSR count). The maximum Gasteiger partial charge on any atom is 0.247 e. The van der Waals surface area contributed by atoms with Gasteiger partial charge in [0.25, 0.3) is 0 Å². The summed E-state index contributed by atoms with van der Waals surface area (Å²) in [7, 11) is 0. The predicted molar refractivity (Wildman–Crippen MR) is 95.3 cm³/mol. The smallest absolute Gasteiger partial charge is 0.247 e. The van der Waals surface area contributed by atoms with Gasteiger partial charge in [-0.25, -0.2) is 0 Å². The molecule has 0 saturated carbocycles. The number of aromatic nitrogens is 1. The van der Waals surface area contributed by atoms with Crippen molar-refractivity contribution >= 4 is 11.7 Å². The Kier molecular flexibility index (Phi) is 5.83. The molecule has 2 aromatic rings. The number of carbonyl (C=O) groups excluding carboxylic acids is 1. The Morgan fingerprint density at radius 1 is 1.40 bits per heavy atom. The molecule has 1 aliphatic heterocycles. The van der Waals surface area contributed by atoms with Crippen molar-refractivity contribution in [2.45, 2.75) is 38.8 Å². The highest BCUT2D eigenvalue weighted by atomic mass is 16.5. The van der Waals surface area contributed by atoms with Crippen molar-refractivity contribution in [1.29, 1.82) is 0 Å². The van der Waals surface area contributed by atoms with E-state index in [-0.39, 0.29) is 18.1 Å². The summed E-state index contributed by atoms with van der Waals surface area (Å²) in [4.78, 5) is 15.2. The number of nitrogens with one attached hydrogen (secondary N) is 1. The van der Waals surface area contributed by atoms with Gasteiger partial charge >= 0.3 is 0 Å². The zero-order valence-electron chi connectivity index (χ0n) is 14.8. The Labute approximate surface area is 148 Å². The summed E-state index contributed by atoms with van der Waals surface area (Å²) >= 11 is 0. The molecule has 1 fully saturated rings. The third-order valence-corrected chi connectivity index (χ3v) is 4.39. The summed E-state index contributed by atoms with van der Waals surface area (Å²) < 4.78 is 10.9. The van der Waals surface area contributed by atoms with Crippen molar-refractivity contribution in [2.24, 2.45) is 0 Å². The topological polar surface area (TPSA) is 67.6 Å². The van der Waals surface area contributed by atoms with Crippen molar-refractivity contribution in [3.8, 4) is 0 Å². The van der Waals surface area contributed by atoms with Gasteiger partial charge in [0, 0.05) is 19.2 Å². The zero-order chi connectivity index (χ0) is 17.6. The van der Waals surface area contributed by atoms with Crippen LogP contribution in [0, 0.1) is 6.92 Å². The van der Waals surface area contributed by atoms with Crippen molar-refractivity contribution in [3.63, 3.8) is 0 Å². The number of hydrogen-bond acceptors (Lipinski definition) is 5. The Morgan fingerprint density at radius 2 is 2.20 bits per heavy atom. The van der Waals surface area contributed by atoms with Gasteiger partial charge in [0.05, 0.1) is 12.7 Å². The fraction of sp³-hybridized carbons (Fsp3) is 0.474. The van der Waals surface area contributed by atoms with Crippen molar-refractivity contribution < 1.29 is 14.1 Å². The van der Waals surface area contributed by atoms with E-state index in [1.165, 1.54) is 0 Å². The van der Waals surface area contributed by atoms with Crippen LogP contribution in [0.3, 0.4) is 0 Å². The average molecular weight is 343 g/mol. The van der Waals surface area contributed by atoms with Gasteiger partial charge in [-0.1, -0.05) is 48.8 Å². The Bertz CT molecular complexity index is 684. The van der Waals surface area contributed by atoms with E-state index in [2.05, 4.69) is 22.3 Å². The summed E-state index contributed by atoms with van der Waals surface area (Å²) in [5.41, 5.74) is 0.970. The van der Waals surface area contributed by atoms with E-state index in [0.29, 0.717) is 18.2 Å². The van der Waals surface area contributed by atoms with Crippen LogP contribution in [0.5, 0.6) is 0 Å². The fourth-order valence-electron chi connectivity index (χ4n) is 3.26. The summed E-state index contributed by atoms with van der Waals surface area (Å²) in [6, 6.07) is 11.2. The van der Waals surface area contributed by atoms with Gasteiger partial charge in [-0.05, 0) is 18.9 Å². The number of morpholine rings is 1. The van der Waals surface area contributed by atoms with Crippen LogP contribution in [-0.2, 0) is 9.53 Å². The first-order chi connectivity index (χ1) is 12.2. The van der Waals surface area contributed by atoms with E-state index in [4.69, 9.17) is 9.26 Å². The molecular weight excluding hydrogens is 318 g/mol. The first kappa shape index (κ1) is 17.6. The van der Waals surface area contributed by atoms with Crippen molar-refractivity contribution in [1.82, 2.24) is 10.1 Å². The van der Waals surface area contributed by atoms with Gasteiger partial charge in [-0.2, -0.15) is 0 Å². The molecule has 25 heavy (non-hydrogen) atoms. The molecule has 2 unspecified atom stereocenters. The van der Waals surface area contributed by atoms with Crippen LogP contribution < -0.4 is 5.32 Å². The molecular formula is C19H25N3O3. The van der Waals surface area contributed by atoms with Crippen molar-refractivity contribution in [2.75, 3.05) is 25.0 Å². The number of nitrogens with zero attached hydrogens (tertiary/aromatic N) is 2. The molecule has 0 radical (unpaired) electrons. The van der Waals surface area contributed by atoms with Gasteiger partial charge in [0.1, 0.15) is 11.8 Å². The van der Waals surface area contributed by atoms with Crippen LogP contribution in [0.1, 0.15) is 37.1 Å². The van der Waals surface area contributed by atoms with Gasteiger partial charge in [-0.3, -0.25) is 9.69 Å². The van der Waals surface area contributed by atoms with E-state index >= 15 is 0 Å². The molecule has 0 aliphatic carbocycles. The van der Waals surface area contributed by atoms with E-state index < -0.39 is 0 Å². The zero-order valence-corrected chi connectivity index (χ0v) is 14.8. The maximum atomic E-state index is 13.0. The second-order valence-corrected chi connectivity index (χ2v) is 6.40. The van der Waals surface area contributed by atoms with Gasteiger partial charge in [0.2, 0.25) is 5.91 Å². The van der Waals surface area contributed by atoms with Gasteiger partial charge in [-0.15, -0.1) is 0 Å². The lowest BCUT2D eigenvalue weighted by atomic mass is 10.0. The second-order valence-electron chi connectivity index (χ2n) is 6.40. The van der Waals surface area contributed by atoms with Crippen LogP contribution >= 0.6 is 0 Å². The molecule has 0 bridgehead atoms. The molecule has 1 amide bonds. The number of hydrogen-bond donors (Lipinski definition) is 1. The van der Waals surface area contributed by atoms with Gasteiger partial charge in [0.15, 0.2) is 5.82 Å². The van der Waals surface area contributed by atoms with Crippen LogP contribution in [0.2, 0.25) is 0 Å². The molecule has 134 valence electrons. The third-order valence-electron chi connectivity index (χ3n) is 4.39. The number of benzene rings is 1. The Hall–Kier alpha value is -2.18. The largest absolute Gasteiger partial charge is 0.376 e. The highest BCUT2D eigenvalue weighted by molar-refractivity contribution is 5.94. The summed E-state index contributed by atoms with van der Waals surface area (Å²) in [5, 5.41) is 6.75. The minimum atomic E-state index is -0.374. The molecule has 1 aromatic carbocycles. The molecule has 2 atom stereocenters. The highest BCUT2D eigenvalue weighted by Gasteiger charge is 2.32. The monoisotopic (exact) mass is 343 g/mol. The standard InChI is InChI=1S/C19H25N3O3/c1-3-7-16-13-22(10-11-24-16)18(15-8-5-4-6-9-15)19(23)20-17-12-14(2)25-21-17/h4-6,8-9,12,16,18H,3,7,10-11,13H2,1-2H3,(H,20,21,23). The molecule has 6 heteroatoms. The van der Waals surface area contributed by atoms with E-state index in [1.807, 2.05) is 30.3 Å². The first-order valence-corrected chi connectivity index (χ1v) is 8.82. The second kappa shape index (κ2) is 8.27. The SMILES string of the molecule is CCCC1CN(C(C(=O)Nc2cc(C)on2)c2ccccc2)CCO1. The lowest BCUT2D eigenvalue weighted by Crippen LogP contribution is -2.47. The summed E-state index contributed by atoms with van der Waals surface area (Å²) in [6.45, 7) is 6.07. The molecule has 2 heterocycles. The Morgan fingerprint density at radius 3 is 2.88 bits per heavy atom. The predicted octanol–water partition coefficient (Wildman–Crippen LogP) is 3.16. The number of rotatable bonds is 6. The van der Waals surface area contributed by atoms with E-state index in [1.54, 1.807) is 13.0 Å². The van der Waals surface area contributed by atoms with Gasteiger partial charge < -0.3 is 14.6 Å². The van der Waals surface area contributed by atoms with Crippen LogP contribution in [0.4, 0.5) is 5.82 Å². The number of ether oxygens (including phenoxy) is 1. The molecule has 1 aromatic heterocycles. The van der Waals surface area contributed by atoms with E-state index in [9.17, 15) is 4.79 Å². The number of carbonyl (C=O) groups is 1. The molecule has 1 N–H and O–H groups in total. The molecule has 6 nitrogen and oxygen atoms in total. The van der Waals surface area contributed by atoms with Crippen molar-refractivity contribution in [3.05, 3.63) is 47.7 Å². The number of aryl methyl sites for hydroxylation is 1. The molecule has 1 aliphatic rings. The highest BCUT2D eigenvalue weighted by Crippen LogP contribution is 2.26. The number of anilines is 1. The number of amides is 1. The molecule has 1 saturated heterocycles. The fourth-order valence-corrected chi connectivity index (χ4v) is 3.26. The van der Waals surface area contributed by atoms with Crippen LogP contribution in [0.15, 0.2) is 40.9 Å². The maximum absolute atomic E-state index is 13.0. The molecule has 0 spiro atoms. The summed E-state index contributed by atoms with van der Waals surface area (Å²) in [5.74, 6) is 1.01. The van der Waals surface area contributed by atoms with E-state index in [0.717, 1.165) is 31.5 Å². The lowest BCUT2D eigenvalue weighted by Gasteiger charge is -2.37. The summed E-state index contributed by atoms with van der Waals surface area (Å²) in [6.07, 6.45) is 2.24. The minimum absolute atomic E-state index is 0.100. The van der Waals surface area contributed by atoms with Crippen LogP contribution in [-0.4, -0.2) is 41.8 Å². The Balaban J connectivity index is 1.81. The quantitative estimate of drug-likeness (QED) is 0.872. The normalized spacial score (nSPS) is 19.5. The first-order valence-electron chi connectivity index (χ1n) is 8.82. The minimum Gasteiger partial charge on any atom is -0.376 e. The lowest BCUT2D eigenvalue weighted by molar-refractivity contribution is -0.125.